The summed E-state index contributed by atoms with van der Waals surface area (Å²) in [5.41, 5.74) is 9.40. The highest BCUT2D eigenvalue weighted by atomic mass is 16.5. The summed E-state index contributed by atoms with van der Waals surface area (Å²) in [6, 6.07) is 15.5. The first-order chi connectivity index (χ1) is 16.1. The second-order valence-electron chi connectivity index (χ2n) is 7.92. The minimum absolute atomic E-state index is 0.0323. The van der Waals surface area contributed by atoms with E-state index in [1.165, 1.54) is 0 Å². The fraction of sp³-hybridized carbons (Fsp3) is 0.261. The Kier molecular flexibility index (Phi) is 5.47. The maximum absolute atomic E-state index is 7.72. The third-order valence-electron chi connectivity index (χ3n) is 5.77. The fourth-order valence-corrected chi connectivity index (χ4v) is 4.02. The Labute approximate surface area is 190 Å². The lowest BCUT2D eigenvalue weighted by Crippen LogP contribution is -2.35. The Balaban J connectivity index is 1.26. The number of nitrogens with one attached hydrogen (secondary N) is 1. The summed E-state index contributed by atoms with van der Waals surface area (Å²) < 4.78 is 12.5. The van der Waals surface area contributed by atoms with Crippen molar-refractivity contribution in [1.29, 1.82) is 5.41 Å². The normalized spacial score (nSPS) is 15.7. The molecule has 5 rings (SSSR count). The summed E-state index contributed by atoms with van der Waals surface area (Å²) in [6.07, 6.45) is 3.71. The Bertz CT molecular complexity index is 1250. The number of guanidine groups is 1. The fourth-order valence-electron chi connectivity index (χ4n) is 4.02. The van der Waals surface area contributed by atoms with Gasteiger partial charge in [-0.2, -0.15) is 4.98 Å². The molecule has 4 aromatic rings. The molecule has 0 saturated carbocycles. The predicted octanol–water partition coefficient (Wildman–Crippen LogP) is 3.08. The number of nitrogens with zero attached hydrogens (tertiary/aromatic N) is 6. The summed E-state index contributed by atoms with van der Waals surface area (Å²) in [7, 11) is 1.64. The zero-order chi connectivity index (χ0) is 22.8. The van der Waals surface area contributed by atoms with Gasteiger partial charge in [0.2, 0.25) is 11.7 Å². The van der Waals surface area contributed by atoms with Gasteiger partial charge in [0.05, 0.1) is 19.9 Å². The molecule has 0 radical (unpaired) electrons. The lowest BCUT2D eigenvalue weighted by molar-refractivity contribution is 0.283. The van der Waals surface area contributed by atoms with Crippen LogP contribution in [0.1, 0.15) is 30.3 Å². The van der Waals surface area contributed by atoms with Crippen molar-refractivity contribution in [2.45, 2.75) is 25.4 Å². The van der Waals surface area contributed by atoms with Crippen molar-refractivity contribution in [1.82, 2.24) is 30.0 Å². The first-order valence-corrected chi connectivity index (χ1v) is 10.7. The van der Waals surface area contributed by atoms with Crippen molar-refractivity contribution in [3.05, 3.63) is 66.2 Å². The van der Waals surface area contributed by atoms with E-state index in [4.69, 9.17) is 20.4 Å². The summed E-state index contributed by atoms with van der Waals surface area (Å²) in [4.78, 5) is 6.34. The number of hydrogen-bond acceptors (Lipinski definition) is 7. The zero-order valence-electron chi connectivity index (χ0n) is 18.2. The molecule has 0 spiro atoms. The molecule has 1 aliphatic rings. The van der Waals surface area contributed by atoms with Crippen LogP contribution < -0.4 is 10.5 Å². The van der Waals surface area contributed by atoms with E-state index in [-0.39, 0.29) is 12.0 Å². The van der Waals surface area contributed by atoms with Gasteiger partial charge in [-0.15, -0.1) is 5.10 Å². The van der Waals surface area contributed by atoms with Crippen molar-refractivity contribution in [3.8, 4) is 28.4 Å². The van der Waals surface area contributed by atoms with Gasteiger partial charge >= 0.3 is 0 Å². The highest BCUT2D eigenvalue weighted by molar-refractivity contribution is 5.75. The minimum Gasteiger partial charge on any atom is -0.497 e. The van der Waals surface area contributed by atoms with Gasteiger partial charge in [0.1, 0.15) is 17.5 Å². The smallest absolute Gasteiger partial charge is 0.249 e. The average Bonchev–Trinajstić information content (AvgIpc) is 3.60. The average molecular weight is 444 g/mol. The molecule has 3 heterocycles. The van der Waals surface area contributed by atoms with Crippen LogP contribution in [0.25, 0.3) is 22.6 Å². The van der Waals surface area contributed by atoms with Crippen molar-refractivity contribution >= 4 is 5.96 Å². The van der Waals surface area contributed by atoms with Gasteiger partial charge in [-0.3, -0.25) is 5.41 Å². The predicted molar refractivity (Wildman–Crippen MR) is 121 cm³/mol. The Morgan fingerprint density at radius 1 is 1.15 bits per heavy atom. The number of methoxy groups -OCH3 is 1. The van der Waals surface area contributed by atoms with Crippen molar-refractivity contribution < 1.29 is 9.26 Å². The second kappa shape index (κ2) is 8.73. The topological polar surface area (TPSA) is 132 Å². The van der Waals surface area contributed by atoms with Crippen LogP contribution in [0.4, 0.5) is 0 Å². The molecule has 10 nitrogen and oxygen atoms in total. The summed E-state index contributed by atoms with van der Waals surface area (Å²) in [6.45, 7) is 1.32. The molecular weight excluding hydrogens is 420 g/mol. The largest absolute Gasteiger partial charge is 0.497 e. The number of rotatable bonds is 6. The standard InChI is InChI=1S/C23H24N8O2/c1-32-18-10-8-16(9-11-18)19-14-30(29-27-19)13-15-4-6-17(7-5-15)21-26-22(33-28-21)20-3-2-12-31(20)23(24)25/h4-11,14,20H,2-3,12-13H2,1H3,(H3,24,25). The van der Waals surface area contributed by atoms with Crippen molar-refractivity contribution in [3.63, 3.8) is 0 Å². The molecule has 2 aromatic carbocycles. The van der Waals surface area contributed by atoms with Crippen molar-refractivity contribution in [2.24, 2.45) is 5.73 Å². The van der Waals surface area contributed by atoms with Crippen LogP contribution >= 0.6 is 0 Å². The van der Waals surface area contributed by atoms with Gasteiger partial charge in [-0.05, 0) is 42.7 Å². The minimum atomic E-state index is -0.129. The molecular formula is C23H24N8O2. The third-order valence-corrected chi connectivity index (χ3v) is 5.77. The SMILES string of the molecule is COc1ccc(-c2cn(Cc3ccc(-c4noc(C5CCCN5C(=N)N)n4)cc3)nn2)cc1. The maximum atomic E-state index is 7.72. The molecule has 0 amide bonds. The van der Waals surface area contributed by atoms with Crippen LogP contribution in [-0.4, -0.2) is 49.6 Å². The molecule has 0 bridgehead atoms. The van der Waals surface area contributed by atoms with Crippen LogP contribution in [0, 0.1) is 5.41 Å². The molecule has 3 N–H and O–H groups in total. The number of hydrogen-bond donors (Lipinski definition) is 2. The molecule has 10 heteroatoms. The molecule has 1 saturated heterocycles. The molecule has 1 unspecified atom stereocenters. The zero-order valence-corrected chi connectivity index (χ0v) is 18.2. The van der Waals surface area contributed by atoms with E-state index in [0.29, 0.717) is 18.3 Å². The highest BCUT2D eigenvalue weighted by Crippen LogP contribution is 2.31. The molecule has 1 atom stereocenters. The van der Waals surface area contributed by atoms with Crippen LogP contribution in [0.3, 0.4) is 0 Å². The van der Waals surface area contributed by atoms with Crippen LogP contribution in [0.2, 0.25) is 0 Å². The lowest BCUT2D eigenvalue weighted by Gasteiger charge is -2.21. The lowest BCUT2D eigenvalue weighted by atomic mass is 10.1. The van der Waals surface area contributed by atoms with Gasteiger partial charge in [0.25, 0.3) is 0 Å². The van der Waals surface area contributed by atoms with E-state index < -0.39 is 0 Å². The number of nitrogens with two attached hydrogens (primary N) is 1. The van der Waals surface area contributed by atoms with E-state index in [1.54, 1.807) is 16.7 Å². The van der Waals surface area contributed by atoms with Gasteiger partial charge < -0.3 is 19.9 Å². The molecule has 0 aliphatic carbocycles. The molecule has 168 valence electrons. The number of ether oxygens (including phenoxy) is 1. The number of benzene rings is 2. The van der Waals surface area contributed by atoms with E-state index in [9.17, 15) is 0 Å². The van der Waals surface area contributed by atoms with Crippen LogP contribution in [0.15, 0.2) is 59.3 Å². The second-order valence-corrected chi connectivity index (χ2v) is 7.92. The van der Waals surface area contributed by atoms with Gasteiger partial charge in [0.15, 0.2) is 5.96 Å². The van der Waals surface area contributed by atoms with E-state index in [1.807, 2.05) is 54.7 Å². The first kappa shape index (κ1) is 20.7. The van der Waals surface area contributed by atoms with Crippen LogP contribution in [0.5, 0.6) is 5.75 Å². The Morgan fingerprint density at radius 2 is 1.91 bits per heavy atom. The molecule has 1 aliphatic heterocycles. The van der Waals surface area contributed by atoms with E-state index >= 15 is 0 Å². The molecule has 1 fully saturated rings. The summed E-state index contributed by atoms with van der Waals surface area (Å²) in [5, 5.41) is 20.4. The maximum Gasteiger partial charge on any atom is 0.249 e. The molecule has 2 aromatic heterocycles. The first-order valence-electron chi connectivity index (χ1n) is 10.7. The summed E-state index contributed by atoms with van der Waals surface area (Å²) >= 11 is 0. The van der Waals surface area contributed by atoms with E-state index in [2.05, 4.69) is 20.5 Å². The summed E-state index contributed by atoms with van der Waals surface area (Å²) in [5.74, 6) is 1.86. The van der Waals surface area contributed by atoms with Crippen molar-refractivity contribution in [2.75, 3.05) is 13.7 Å². The Morgan fingerprint density at radius 3 is 2.64 bits per heavy atom. The highest BCUT2D eigenvalue weighted by Gasteiger charge is 2.31. The van der Waals surface area contributed by atoms with Gasteiger partial charge in [-0.25, -0.2) is 4.68 Å². The van der Waals surface area contributed by atoms with Gasteiger partial charge in [-0.1, -0.05) is 34.6 Å². The number of likely N-dealkylation sites (tertiary alicyclic amines) is 1. The van der Waals surface area contributed by atoms with E-state index in [0.717, 1.165) is 47.5 Å². The third kappa shape index (κ3) is 4.27. The monoisotopic (exact) mass is 444 g/mol. The number of aromatic nitrogens is 5. The Hall–Kier alpha value is -4.21. The quantitative estimate of drug-likeness (QED) is 0.342. The van der Waals surface area contributed by atoms with Gasteiger partial charge in [0, 0.05) is 17.7 Å². The molecule has 33 heavy (non-hydrogen) atoms. The van der Waals surface area contributed by atoms with Crippen LogP contribution in [-0.2, 0) is 6.54 Å².